The van der Waals surface area contributed by atoms with Crippen molar-refractivity contribution < 1.29 is 32.2 Å². The van der Waals surface area contributed by atoms with Crippen molar-refractivity contribution in [3.8, 4) is 5.75 Å². The van der Waals surface area contributed by atoms with E-state index in [0.717, 1.165) is 12.8 Å². The molecule has 0 saturated carbocycles. The minimum Gasteiger partial charge on any atom is -0.493 e. The van der Waals surface area contributed by atoms with Gasteiger partial charge in [0.15, 0.2) is 6.61 Å². The highest BCUT2D eigenvalue weighted by Crippen LogP contribution is 2.34. The Hall–Kier alpha value is -2.71. The lowest BCUT2D eigenvalue weighted by atomic mass is 9.95. The molecule has 2 N–H and O–H groups in total. The van der Waals surface area contributed by atoms with Gasteiger partial charge in [0.05, 0.1) is 18.2 Å². The first-order valence-electron chi connectivity index (χ1n) is 8.46. The van der Waals surface area contributed by atoms with Crippen LogP contribution in [-0.4, -0.2) is 31.4 Å². The third kappa shape index (κ3) is 5.63. The molecule has 0 fully saturated rings. The standard InChI is InChI=1S/C18H21F3N2O4/c1-3-4-9-26-13-8-6-5-7-12(13)15-14(11(2)22-17(25)23-15)16(24)27-10-18(19,20)21/h5-8,15H,3-4,9-10H2,1-2H3,(H2,22,23,25)/t15-/m1/s1. The summed E-state index contributed by atoms with van der Waals surface area (Å²) in [5, 5.41) is 4.94. The molecule has 2 rings (SSSR count). The van der Waals surface area contributed by atoms with E-state index in [4.69, 9.17) is 4.74 Å². The van der Waals surface area contributed by atoms with Crippen molar-refractivity contribution in [3.63, 3.8) is 0 Å². The number of allylic oxidation sites excluding steroid dienone is 1. The average molecular weight is 386 g/mol. The molecule has 1 heterocycles. The Balaban J connectivity index is 2.34. The van der Waals surface area contributed by atoms with Crippen LogP contribution in [0.15, 0.2) is 35.5 Å². The third-order valence-electron chi connectivity index (χ3n) is 3.84. The fraction of sp³-hybridized carbons (Fsp3) is 0.444. The molecule has 0 unspecified atom stereocenters. The van der Waals surface area contributed by atoms with Gasteiger partial charge >= 0.3 is 18.2 Å². The highest BCUT2D eigenvalue weighted by Gasteiger charge is 2.36. The molecule has 148 valence electrons. The lowest BCUT2D eigenvalue weighted by Gasteiger charge is -2.29. The first kappa shape index (κ1) is 20.6. The minimum atomic E-state index is -4.65. The molecule has 1 aromatic carbocycles. The number of ether oxygens (including phenoxy) is 2. The summed E-state index contributed by atoms with van der Waals surface area (Å²) in [6.07, 6.45) is -2.92. The lowest BCUT2D eigenvalue weighted by Crippen LogP contribution is -2.45. The molecule has 1 atom stereocenters. The van der Waals surface area contributed by atoms with Gasteiger partial charge in [-0.05, 0) is 19.4 Å². The molecule has 2 amide bonds. The molecule has 6 nitrogen and oxygen atoms in total. The number of hydrogen-bond donors (Lipinski definition) is 2. The van der Waals surface area contributed by atoms with Crippen molar-refractivity contribution in [2.75, 3.05) is 13.2 Å². The largest absolute Gasteiger partial charge is 0.493 e. The first-order valence-corrected chi connectivity index (χ1v) is 8.46. The summed E-state index contributed by atoms with van der Waals surface area (Å²) in [5.74, 6) is -0.724. The number of nitrogens with one attached hydrogen (secondary N) is 2. The smallest absolute Gasteiger partial charge is 0.422 e. The second-order valence-corrected chi connectivity index (χ2v) is 6.00. The maximum Gasteiger partial charge on any atom is 0.422 e. The first-order chi connectivity index (χ1) is 12.7. The van der Waals surface area contributed by atoms with E-state index in [9.17, 15) is 22.8 Å². The number of esters is 1. The molecular formula is C18H21F3N2O4. The van der Waals surface area contributed by atoms with E-state index < -0.39 is 30.8 Å². The van der Waals surface area contributed by atoms with Gasteiger partial charge in [0.25, 0.3) is 0 Å². The van der Waals surface area contributed by atoms with Gasteiger partial charge in [-0.3, -0.25) is 0 Å². The number of rotatable bonds is 7. The molecule has 27 heavy (non-hydrogen) atoms. The normalized spacial score (nSPS) is 17.2. The zero-order valence-corrected chi connectivity index (χ0v) is 15.0. The minimum absolute atomic E-state index is 0.106. The van der Waals surface area contributed by atoms with Crippen LogP contribution in [0.5, 0.6) is 5.75 Å². The third-order valence-corrected chi connectivity index (χ3v) is 3.84. The van der Waals surface area contributed by atoms with Crippen LogP contribution in [0.25, 0.3) is 0 Å². The zero-order chi connectivity index (χ0) is 20.0. The Bertz CT molecular complexity index is 732. The van der Waals surface area contributed by atoms with Crippen molar-refractivity contribution >= 4 is 12.0 Å². The number of urea groups is 1. The number of halogens is 3. The van der Waals surface area contributed by atoms with Gasteiger partial charge in [-0.25, -0.2) is 9.59 Å². The second-order valence-electron chi connectivity index (χ2n) is 6.00. The Labute approximate surface area is 154 Å². The summed E-state index contributed by atoms with van der Waals surface area (Å²) < 4.78 is 47.3. The molecule has 0 aliphatic carbocycles. The molecule has 1 aliphatic heterocycles. The van der Waals surface area contributed by atoms with Crippen LogP contribution < -0.4 is 15.4 Å². The van der Waals surface area contributed by atoms with E-state index in [1.165, 1.54) is 6.92 Å². The molecule has 0 aromatic heterocycles. The van der Waals surface area contributed by atoms with Gasteiger partial charge in [0, 0.05) is 11.3 Å². The Kier molecular flexibility index (Phi) is 6.70. The van der Waals surface area contributed by atoms with Crippen LogP contribution in [-0.2, 0) is 9.53 Å². The molecule has 9 heteroatoms. The van der Waals surface area contributed by atoms with E-state index in [2.05, 4.69) is 15.4 Å². The summed E-state index contributed by atoms with van der Waals surface area (Å²) in [7, 11) is 0. The SMILES string of the molecule is CCCCOc1ccccc1[C@H]1NC(=O)NC(C)=C1C(=O)OCC(F)(F)F. The number of carbonyl (C=O) groups is 2. The summed E-state index contributed by atoms with van der Waals surface area (Å²) in [4.78, 5) is 24.2. The lowest BCUT2D eigenvalue weighted by molar-refractivity contribution is -0.183. The van der Waals surface area contributed by atoms with E-state index in [1.807, 2.05) is 6.92 Å². The van der Waals surface area contributed by atoms with Crippen molar-refractivity contribution in [3.05, 3.63) is 41.1 Å². The Morgan fingerprint density at radius 3 is 2.63 bits per heavy atom. The maximum absolute atomic E-state index is 12.4. The topological polar surface area (TPSA) is 76.7 Å². The van der Waals surface area contributed by atoms with Gasteiger partial charge in [0.2, 0.25) is 0 Å². The van der Waals surface area contributed by atoms with Crippen LogP contribution in [0.2, 0.25) is 0 Å². The zero-order valence-electron chi connectivity index (χ0n) is 15.0. The number of benzene rings is 1. The van der Waals surface area contributed by atoms with Gasteiger partial charge in [0.1, 0.15) is 5.75 Å². The Morgan fingerprint density at radius 2 is 1.96 bits per heavy atom. The quantitative estimate of drug-likeness (QED) is 0.555. The number of carbonyl (C=O) groups excluding carboxylic acids is 2. The fourth-order valence-corrected chi connectivity index (χ4v) is 2.60. The van der Waals surface area contributed by atoms with Crippen molar-refractivity contribution in [1.29, 1.82) is 0 Å². The number of amides is 2. The number of alkyl halides is 3. The van der Waals surface area contributed by atoms with Crippen molar-refractivity contribution in [2.45, 2.75) is 38.9 Å². The van der Waals surface area contributed by atoms with Crippen LogP contribution in [0.1, 0.15) is 38.3 Å². The fourth-order valence-electron chi connectivity index (χ4n) is 2.60. The summed E-state index contributed by atoms with van der Waals surface area (Å²) in [5.41, 5.74) is 0.478. The van der Waals surface area contributed by atoms with E-state index in [-0.39, 0.29) is 11.3 Å². The maximum atomic E-state index is 12.4. The molecule has 1 aliphatic rings. The van der Waals surface area contributed by atoms with E-state index in [1.54, 1.807) is 24.3 Å². The van der Waals surface area contributed by atoms with Gasteiger partial charge < -0.3 is 20.1 Å². The molecular weight excluding hydrogens is 365 g/mol. The molecule has 0 radical (unpaired) electrons. The van der Waals surface area contributed by atoms with Crippen LogP contribution in [0.4, 0.5) is 18.0 Å². The average Bonchev–Trinajstić information content (AvgIpc) is 2.59. The molecule has 1 aromatic rings. The summed E-state index contributed by atoms with van der Waals surface area (Å²) in [6.45, 7) is 2.15. The highest BCUT2D eigenvalue weighted by molar-refractivity contribution is 5.95. The van der Waals surface area contributed by atoms with Gasteiger partial charge in [-0.15, -0.1) is 0 Å². The van der Waals surface area contributed by atoms with E-state index in [0.29, 0.717) is 17.9 Å². The predicted octanol–water partition coefficient (Wildman–Crippen LogP) is 3.60. The monoisotopic (exact) mass is 386 g/mol. The number of para-hydroxylation sites is 1. The number of hydrogen-bond acceptors (Lipinski definition) is 4. The highest BCUT2D eigenvalue weighted by atomic mass is 19.4. The molecule has 0 bridgehead atoms. The van der Waals surface area contributed by atoms with Crippen LogP contribution in [0.3, 0.4) is 0 Å². The number of unbranched alkanes of at least 4 members (excludes halogenated alkanes) is 1. The van der Waals surface area contributed by atoms with Crippen LogP contribution in [0, 0.1) is 0 Å². The second kappa shape index (κ2) is 8.79. The van der Waals surface area contributed by atoms with Gasteiger partial charge in [-0.1, -0.05) is 31.5 Å². The van der Waals surface area contributed by atoms with Gasteiger partial charge in [-0.2, -0.15) is 13.2 Å². The van der Waals surface area contributed by atoms with Crippen molar-refractivity contribution in [1.82, 2.24) is 10.6 Å². The Morgan fingerprint density at radius 1 is 1.26 bits per heavy atom. The van der Waals surface area contributed by atoms with Crippen molar-refractivity contribution in [2.24, 2.45) is 0 Å². The molecule has 0 spiro atoms. The van der Waals surface area contributed by atoms with E-state index >= 15 is 0 Å². The summed E-state index contributed by atoms with van der Waals surface area (Å²) in [6, 6.07) is 5.16. The molecule has 0 saturated heterocycles. The van der Waals surface area contributed by atoms with Crippen LogP contribution >= 0.6 is 0 Å². The summed E-state index contributed by atoms with van der Waals surface area (Å²) >= 11 is 0. The predicted molar refractivity (Wildman–Crippen MR) is 91.0 cm³/mol.